The fourth-order valence-corrected chi connectivity index (χ4v) is 6.13. The zero-order valence-corrected chi connectivity index (χ0v) is 24.2. The summed E-state index contributed by atoms with van der Waals surface area (Å²) in [6.45, 7) is 13.9. The Hall–Kier alpha value is -3.35. The van der Waals surface area contributed by atoms with E-state index in [0.717, 1.165) is 31.6 Å². The Morgan fingerprint density at radius 1 is 0.974 bits per heavy atom. The maximum atomic E-state index is 14.4. The molecule has 0 saturated carbocycles. The van der Waals surface area contributed by atoms with Crippen LogP contribution in [-0.2, 0) is 27.2 Å². The van der Waals surface area contributed by atoms with Gasteiger partial charge in [0.15, 0.2) is 0 Å². The highest BCUT2D eigenvalue weighted by Crippen LogP contribution is 2.35. The molecule has 7 heteroatoms. The summed E-state index contributed by atoms with van der Waals surface area (Å²) in [6.07, 6.45) is 1.95. The number of amides is 3. The second-order valence-corrected chi connectivity index (χ2v) is 11.6. The number of nitrogens with one attached hydrogen (secondary N) is 2. The topological polar surface area (TPSA) is 81.8 Å². The number of rotatable bonds is 10. The van der Waals surface area contributed by atoms with E-state index < -0.39 is 18.1 Å². The highest BCUT2D eigenvalue weighted by atomic mass is 16.2. The van der Waals surface area contributed by atoms with Crippen LogP contribution in [0.5, 0.6) is 0 Å². The molecule has 0 aromatic heterocycles. The standard InChI is InChI=1S/C32H44N4O3/c1-7-35(8-2)26-15-13-22(14-16-26)29(31(38)33-21(5)6)36-27(17-20(3)4)30(37)34-28(32(36)39)25-18-23-11-9-10-12-24(23)19-25/h9-16,20-21,25,27-29H,7-8,17-19H2,1-6H3,(H,33,38)(H,34,37)/t27-,28-,29-/m1/s1. The van der Waals surface area contributed by atoms with Crippen LogP contribution in [0.1, 0.15) is 70.7 Å². The highest BCUT2D eigenvalue weighted by Gasteiger charge is 2.49. The molecule has 2 aliphatic rings. The molecule has 1 fully saturated rings. The summed E-state index contributed by atoms with van der Waals surface area (Å²) in [5.41, 5.74) is 4.23. The van der Waals surface area contributed by atoms with Crippen molar-refractivity contribution in [1.82, 2.24) is 15.5 Å². The molecule has 3 atom stereocenters. The minimum atomic E-state index is -0.897. The molecule has 1 aliphatic carbocycles. The Morgan fingerprint density at radius 2 is 1.56 bits per heavy atom. The summed E-state index contributed by atoms with van der Waals surface area (Å²) in [5, 5.41) is 6.12. The molecule has 1 aliphatic heterocycles. The van der Waals surface area contributed by atoms with Gasteiger partial charge in [-0.1, -0.05) is 50.2 Å². The second kappa shape index (κ2) is 12.2. The van der Waals surface area contributed by atoms with Crippen LogP contribution in [0.2, 0.25) is 0 Å². The van der Waals surface area contributed by atoms with Gasteiger partial charge in [0, 0.05) is 24.8 Å². The molecule has 0 unspecified atom stereocenters. The molecule has 39 heavy (non-hydrogen) atoms. The fraction of sp³-hybridized carbons (Fsp3) is 0.531. The summed E-state index contributed by atoms with van der Waals surface area (Å²) < 4.78 is 0. The molecule has 1 saturated heterocycles. The number of hydrogen-bond donors (Lipinski definition) is 2. The first-order chi connectivity index (χ1) is 18.6. The van der Waals surface area contributed by atoms with E-state index in [4.69, 9.17) is 0 Å². The van der Waals surface area contributed by atoms with Crippen LogP contribution >= 0.6 is 0 Å². The van der Waals surface area contributed by atoms with E-state index in [-0.39, 0.29) is 35.6 Å². The van der Waals surface area contributed by atoms with Crippen LogP contribution in [0.4, 0.5) is 5.69 Å². The third-order valence-corrected chi connectivity index (χ3v) is 8.00. The average molecular weight is 533 g/mol. The van der Waals surface area contributed by atoms with Crippen LogP contribution in [0, 0.1) is 11.8 Å². The van der Waals surface area contributed by atoms with E-state index in [9.17, 15) is 14.4 Å². The number of fused-ring (bicyclic) bond motifs is 1. The van der Waals surface area contributed by atoms with Crippen LogP contribution in [0.3, 0.4) is 0 Å². The monoisotopic (exact) mass is 532 g/mol. The van der Waals surface area contributed by atoms with E-state index in [1.165, 1.54) is 11.1 Å². The van der Waals surface area contributed by atoms with Crippen LogP contribution in [-0.4, -0.2) is 53.8 Å². The lowest BCUT2D eigenvalue weighted by atomic mass is 9.88. The third kappa shape index (κ3) is 6.13. The summed E-state index contributed by atoms with van der Waals surface area (Å²) >= 11 is 0. The van der Waals surface area contributed by atoms with Gasteiger partial charge >= 0.3 is 0 Å². The molecular formula is C32H44N4O3. The van der Waals surface area contributed by atoms with Gasteiger partial charge in [-0.15, -0.1) is 0 Å². The predicted octanol–water partition coefficient (Wildman–Crippen LogP) is 4.26. The Kier molecular flexibility index (Phi) is 8.98. The van der Waals surface area contributed by atoms with E-state index in [1.807, 2.05) is 64.1 Å². The van der Waals surface area contributed by atoms with Gasteiger partial charge in [0.1, 0.15) is 18.1 Å². The molecule has 0 radical (unpaired) electrons. The summed E-state index contributed by atoms with van der Waals surface area (Å²) in [7, 11) is 0. The lowest BCUT2D eigenvalue weighted by Gasteiger charge is -2.45. The molecule has 0 bridgehead atoms. The zero-order valence-electron chi connectivity index (χ0n) is 24.2. The predicted molar refractivity (Wildman–Crippen MR) is 155 cm³/mol. The fourth-order valence-electron chi connectivity index (χ4n) is 6.13. The molecule has 7 nitrogen and oxygen atoms in total. The molecule has 2 aromatic rings. The molecule has 1 heterocycles. The maximum Gasteiger partial charge on any atom is 0.247 e. The van der Waals surface area contributed by atoms with Crippen molar-refractivity contribution in [2.75, 3.05) is 18.0 Å². The van der Waals surface area contributed by atoms with Gasteiger partial charge in [0.05, 0.1) is 0 Å². The maximum absolute atomic E-state index is 14.4. The molecule has 210 valence electrons. The number of benzene rings is 2. The van der Waals surface area contributed by atoms with Crippen molar-refractivity contribution < 1.29 is 14.4 Å². The molecule has 2 aromatic carbocycles. The minimum absolute atomic E-state index is 0.0415. The number of nitrogens with zero attached hydrogens (tertiary/aromatic N) is 2. The van der Waals surface area contributed by atoms with E-state index in [2.05, 4.69) is 41.5 Å². The number of carbonyl (C=O) groups is 3. The SMILES string of the molecule is CCN(CC)c1ccc([C@H](C(=O)NC(C)C)N2C(=O)[C@@H](C3Cc4ccccc4C3)NC(=O)[C@H]2CC(C)C)cc1. The van der Waals surface area contributed by atoms with Crippen LogP contribution in [0.15, 0.2) is 48.5 Å². The van der Waals surface area contributed by atoms with E-state index >= 15 is 0 Å². The first kappa shape index (κ1) is 28.7. The van der Waals surface area contributed by atoms with Crippen LogP contribution in [0.25, 0.3) is 0 Å². The molecule has 4 rings (SSSR count). The van der Waals surface area contributed by atoms with Gasteiger partial charge in [-0.2, -0.15) is 0 Å². The van der Waals surface area contributed by atoms with Crippen molar-refractivity contribution in [3.05, 3.63) is 65.2 Å². The number of hydrogen-bond acceptors (Lipinski definition) is 4. The zero-order chi connectivity index (χ0) is 28.3. The van der Waals surface area contributed by atoms with Crippen molar-refractivity contribution >= 4 is 23.4 Å². The highest BCUT2D eigenvalue weighted by molar-refractivity contribution is 6.00. The Bertz CT molecular complexity index is 1150. The van der Waals surface area contributed by atoms with Crippen molar-refractivity contribution in [2.24, 2.45) is 11.8 Å². The number of anilines is 1. The Morgan fingerprint density at radius 3 is 2.08 bits per heavy atom. The van der Waals surface area contributed by atoms with Gasteiger partial charge in [-0.05, 0) is 87.6 Å². The lowest BCUT2D eigenvalue weighted by Crippen LogP contribution is -2.67. The van der Waals surface area contributed by atoms with Crippen molar-refractivity contribution in [2.45, 2.75) is 85.0 Å². The van der Waals surface area contributed by atoms with Gasteiger partial charge in [0.2, 0.25) is 17.7 Å². The quantitative estimate of drug-likeness (QED) is 0.479. The second-order valence-electron chi connectivity index (χ2n) is 11.6. The summed E-state index contributed by atoms with van der Waals surface area (Å²) in [6, 6.07) is 13.7. The Labute approximate surface area is 233 Å². The first-order valence-electron chi connectivity index (χ1n) is 14.5. The van der Waals surface area contributed by atoms with E-state index in [0.29, 0.717) is 12.0 Å². The smallest absolute Gasteiger partial charge is 0.247 e. The minimum Gasteiger partial charge on any atom is -0.372 e. The Balaban J connectivity index is 1.75. The van der Waals surface area contributed by atoms with Crippen molar-refractivity contribution in [3.8, 4) is 0 Å². The van der Waals surface area contributed by atoms with Crippen molar-refractivity contribution in [1.29, 1.82) is 0 Å². The van der Waals surface area contributed by atoms with Gasteiger partial charge < -0.3 is 20.4 Å². The average Bonchev–Trinajstić information content (AvgIpc) is 3.33. The summed E-state index contributed by atoms with van der Waals surface area (Å²) in [4.78, 5) is 45.8. The third-order valence-electron chi connectivity index (χ3n) is 8.00. The van der Waals surface area contributed by atoms with Crippen molar-refractivity contribution in [3.63, 3.8) is 0 Å². The molecule has 0 spiro atoms. The first-order valence-corrected chi connectivity index (χ1v) is 14.5. The molecular weight excluding hydrogens is 488 g/mol. The lowest BCUT2D eigenvalue weighted by molar-refractivity contribution is -0.158. The molecule has 3 amide bonds. The number of carbonyl (C=O) groups excluding carboxylic acids is 3. The van der Waals surface area contributed by atoms with E-state index in [1.54, 1.807) is 4.90 Å². The van der Waals surface area contributed by atoms with Gasteiger partial charge in [0.25, 0.3) is 0 Å². The summed E-state index contributed by atoms with van der Waals surface area (Å²) in [5.74, 6) is -0.477. The largest absolute Gasteiger partial charge is 0.372 e. The number of piperazine rings is 1. The van der Waals surface area contributed by atoms with Crippen LogP contribution < -0.4 is 15.5 Å². The van der Waals surface area contributed by atoms with Gasteiger partial charge in [-0.3, -0.25) is 14.4 Å². The normalized spacial score (nSPS) is 20.3. The van der Waals surface area contributed by atoms with Gasteiger partial charge in [-0.25, -0.2) is 0 Å². The molecule has 2 N–H and O–H groups in total.